The van der Waals surface area contributed by atoms with E-state index in [0.717, 1.165) is 23.7 Å². The summed E-state index contributed by atoms with van der Waals surface area (Å²) in [7, 11) is 0. The van der Waals surface area contributed by atoms with E-state index in [4.69, 9.17) is 0 Å². The van der Waals surface area contributed by atoms with Crippen LogP contribution in [0.4, 0.5) is 0 Å². The molecule has 6 aliphatic rings. The molecule has 0 aromatic carbocycles. The van der Waals surface area contributed by atoms with E-state index in [0.29, 0.717) is 5.41 Å². The Labute approximate surface area is 165 Å². The molecule has 0 heterocycles. The highest BCUT2D eigenvalue weighted by molar-refractivity contribution is 5.51. The van der Waals surface area contributed by atoms with E-state index in [9.17, 15) is 0 Å². The summed E-state index contributed by atoms with van der Waals surface area (Å²) in [5.41, 5.74) is 9.25. The fourth-order valence-corrected chi connectivity index (χ4v) is 8.72. The molecule has 0 aliphatic heterocycles. The molecule has 3 saturated carbocycles. The van der Waals surface area contributed by atoms with Gasteiger partial charge in [-0.25, -0.2) is 0 Å². The lowest BCUT2D eigenvalue weighted by Crippen LogP contribution is -2.60. The van der Waals surface area contributed by atoms with Crippen molar-refractivity contribution in [1.29, 1.82) is 0 Å². The molecule has 0 N–H and O–H groups in total. The third-order valence-corrected chi connectivity index (χ3v) is 9.98. The van der Waals surface area contributed by atoms with Gasteiger partial charge in [0.1, 0.15) is 0 Å². The standard InChI is InChI=1S/C27H34/c1-4-18-5-6-20-16-25-21(18)9-10-24-22-8-7-19-15-17(2)11-13-26(19,3)23(22)12-14-27(20,24)25/h11-13,15,20,22,24-25H,2,4-10,14,16H2,1,3H3/t20?,22?,24?,25?,26-,27?/m0/s1. The predicted octanol–water partition coefficient (Wildman–Crippen LogP) is 7.32. The number of hydrogen-bond donors (Lipinski definition) is 0. The van der Waals surface area contributed by atoms with Gasteiger partial charge in [-0.05, 0) is 99.4 Å². The quantitative estimate of drug-likeness (QED) is 0.431. The van der Waals surface area contributed by atoms with Gasteiger partial charge in [-0.15, -0.1) is 0 Å². The van der Waals surface area contributed by atoms with Crippen molar-refractivity contribution in [3.8, 4) is 0 Å². The second-order valence-corrected chi connectivity index (χ2v) is 10.6. The van der Waals surface area contributed by atoms with E-state index in [1.54, 1.807) is 11.1 Å². The normalized spacial score (nSPS) is 47.1. The van der Waals surface area contributed by atoms with Gasteiger partial charge in [0.2, 0.25) is 0 Å². The van der Waals surface area contributed by atoms with Crippen molar-refractivity contribution in [1.82, 2.24) is 0 Å². The molecule has 0 nitrogen and oxygen atoms in total. The van der Waals surface area contributed by atoms with E-state index in [1.807, 2.05) is 11.1 Å². The van der Waals surface area contributed by atoms with Crippen LogP contribution < -0.4 is 0 Å². The SMILES string of the molecule is C=C1C=C[C@@]2(C)C(=C1)CCC1C2=CCC23C4CCC(CC)=C(CCC12)C3C4. The van der Waals surface area contributed by atoms with Gasteiger partial charge in [-0.2, -0.15) is 0 Å². The average Bonchev–Trinajstić information content (AvgIpc) is 2.90. The van der Waals surface area contributed by atoms with Gasteiger partial charge in [0.25, 0.3) is 0 Å². The molecule has 4 bridgehead atoms. The summed E-state index contributed by atoms with van der Waals surface area (Å²) in [6.45, 7) is 9.10. The molecule has 1 spiro atoms. The maximum atomic E-state index is 4.20. The number of allylic oxidation sites excluding steroid dienone is 9. The molecule has 5 unspecified atom stereocenters. The highest BCUT2D eigenvalue weighted by atomic mass is 14.7. The van der Waals surface area contributed by atoms with Crippen LogP contribution in [0.15, 0.2) is 58.7 Å². The van der Waals surface area contributed by atoms with Gasteiger partial charge in [0.15, 0.2) is 0 Å². The van der Waals surface area contributed by atoms with E-state index in [1.165, 1.54) is 63.4 Å². The number of fused-ring (bicyclic) bond motifs is 4. The minimum Gasteiger partial charge on any atom is -0.0918 e. The molecule has 27 heavy (non-hydrogen) atoms. The van der Waals surface area contributed by atoms with E-state index >= 15 is 0 Å². The molecule has 3 fully saturated rings. The molecular weight excluding hydrogens is 324 g/mol. The zero-order valence-corrected chi connectivity index (χ0v) is 17.2. The first kappa shape index (κ1) is 16.6. The second kappa shape index (κ2) is 5.40. The summed E-state index contributed by atoms with van der Waals surface area (Å²) in [5.74, 6) is 3.75. The largest absolute Gasteiger partial charge is 0.0918 e. The summed E-state index contributed by atoms with van der Waals surface area (Å²) < 4.78 is 0. The topological polar surface area (TPSA) is 0 Å². The van der Waals surface area contributed by atoms with Crippen LogP contribution in [0.5, 0.6) is 0 Å². The first-order valence-corrected chi connectivity index (χ1v) is 11.6. The lowest BCUT2D eigenvalue weighted by Gasteiger charge is -2.67. The summed E-state index contributed by atoms with van der Waals surface area (Å²) in [6.07, 6.45) is 22.6. The maximum absolute atomic E-state index is 4.20. The van der Waals surface area contributed by atoms with E-state index in [2.05, 4.69) is 44.7 Å². The Kier molecular flexibility index (Phi) is 3.33. The number of rotatable bonds is 1. The van der Waals surface area contributed by atoms with Crippen LogP contribution in [0, 0.1) is 34.5 Å². The highest BCUT2D eigenvalue weighted by Gasteiger charge is 2.65. The van der Waals surface area contributed by atoms with Crippen LogP contribution in [0.25, 0.3) is 0 Å². The van der Waals surface area contributed by atoms with Gasteiger partial charge in [-0.3, -0.25) is 0 Å². The van der Waals surface area contributed by atoms with Crippen LogP contribution in [0.1, 0.15) is 71.6 Å². The second-order valence-electron chi connectivity index (χ2n) is 10.6. The van der Waals surface area contributed by atoms with Gasteiger partial charge >= 0.3 is 0 Å². The Morgan fingerprint density at radius 2 is 2.04 bits per heavy atom. The van der Waals surface area contributed by atoms with Crippen molar-refractivity contribution >= 4 is 0 Å². The first-order chi connectivity index (χ1) is 13.1. The summed E-state index contributed by atoms with van der Waals surface area (Å²) >= 11 is 0. The smallest absolute Gasteiger partial charge is 0.0281 e. The predicted molar refractivity (Wildman–Crippen MR) is 113 cm³/mol. The van der Waals surface area contributed by atoms with Crippen molar-refractivity contribution in [2.45, 2.75) is 71.6 Å². The Balaban J connectivity index is 1.45. The molecule has 0 amide bonds. The maximum Gasteiger partial charge on any atom is 0.0281 e. The van der Waals surface area contributed by atoms with Crippen LogP contribution >= 0.6 is 0 Å². The van der Waals surface area contributed by atoms with Crippen LogP contribution in [-0.2, 0) is 0 Å². The molecule has 0 radical (unpaired) electrons. The van der Waals surface area contributed by atoms with Crippen molar-refractivity contribution in [3.63, 3.8) is 0 Å². The minimum atomic E-state index is 0.186. The third-order valence-electron chi connectivity index (χ3n) is 9.98. The fourth-order valence-electron chi connectivity index (χ4n) is 8.72. The zero-order valence-electron chi connectivity index (χ0n) is 17.2. The Morgan fingerprint density at radius 1 is 1.15 bits per heavy atom. The van der Waals surface area contributed by atoms with Crippen LogP contribution in [0.2, 0.25) is 0 Å². The Morgan fingerprint density at radius 3 is 2.89 bits per heavy atom. The van der Waals surface area contributed by atoms with Gasteiger partial charge < -0.3 is 0 Å². The Bertz CT molecular complexity index is 845. The van der Waals surface area contributed by atoms with Crippen molar-refractivity contribution in [3.05, 3.63) is 58.7 Å². The van der Waals surface area contributed by atoms with E-state index in [-0.39, 0.29) is 5.41 Å². The molecule has 0 saturated heterocycles. The van der Waals surface area contributed by atoms with Crippen LogP contribution in [0.3, 0.4) is 0 Å². The van der Waals surface area contributed by atoms with Crippen molar-refractivity contribution < 1.29 is 0 Å². The van der Waals surface area contributed by atoms with Gasteiger partial charge in [0.05, 0.1) is 0 Å². The molecule has 0 aromatic heterocycles. The van der Waals surface area contributed by atoms with Crippen LogP contribution in [-0.4, -0.2) is 0 Å². The molecule has 0 heteroatoms. The summed E-state index contributed by atoms with van der Waals surface area (Å²) in [6, 6.07) is 0. The monoisotopic (exact) mass is 358 g/mol. The molecule has 6 rings (SSSR count). The summed E-state index contributed by atoms with van der Waals surface area (Å²) in [4.78, 5) is 0. The van der Waals surface area contributed by atoms with Crippen molar-refractivity contribution in [2.75, 3.05) is 0 Å². The lowest BCUT2D eigenvalue weighted by atomic mass is 9.37. The number of hydrogen-bond acceptors (Lipinski definition) is 0. The van der Waals surface area contributed by atoms with Gasteiger partial charge in [0, 0.05) is 5.41 Å². The van der Waals surface area contributed by atoms with Gasteiger partial charge in [-0.1, -0.05) is 60.1 Å². The molecule has 6 atom stereocenters. The Hall–Kier alpha value is -1.30. The summed E-state index contributed by atoms with van der Waals surface area (Å²) in [5, 5.41) is 0. The molecule has 0 aromatic rings. The molecular formula is C27H34. The minimum absolute atomic E-state index is 0.186. The lowest BCUT2D eigenvalue weighted by molar-refractivity contribution is -0.127. The molecule has 6 aliphatic carbocycles. The van der Waals surface area contributed by atoms with E-state index < -0.39 is 0 Å². The van der Waals surface area contributed by atoms with Crippen molar-refractivity contribution in [2.24, 2.45) is 34.5 Å². The first-order valence-electron chi connectivity index (χ1n) is 11.6. The average molecular weight is 359 g/mol. The highest BCUT2D eigenvalue weighted by Crippen LogP contribution is 2.74. The zero-order chi connectivity index (χ0) is 18.4. The molecule has 142 valence electrons. The third kappa shape index (κ3) is 1.91. The fraction of sp³-hybridized carbons (Fsp3) is 0.630.